The normalized spacial score (nSPS) is 17.8. The molecule has 0 amide bonds. The molecule has 1 saturated heterocycles. The van der Waals surface area contributed by atoms with Crippen LogP contribution in [0.25, 0.3) is 0 Å². The molecule has 0 unspecified atom stereocenters. The smallest absolute Gasteiger partial charge is 0.279 e. The molecule has 0 N–H and O–H groups in total. The van der Waals surface area contributed by atoms with E-state index in [0.717, 1.165) is 4.88 Å². The number of ether oxygens (including phenoxy) is 2. The van der Waals surface area contributed by atoms with Crippen molar-refractivity contribution in [3.8, 4) is 0 Å². The van der Waals surface area contributed by atoms with Gasteiger partial charge in [-0.25, -0.2) is 15.1 Å². The van der Waals surface area contributed by atoms with Gasteiger partial charge in [-0.2, -0.15) is 0 Å². The Balaban J connectivity index is 2.17. The molecule has 0 saturated carbocycles. The van der Waals surface area contributed by atoms with E-state index in [1.54, 1.807) is 11.1 Å². The standard InChI is InChI=1S/C9H12ClN5O4S/c1-18-4-14-6-19-5-13(9(14)12-15(16)17)3-7-2-11-8(10)20-7/h2H,3-6H2,1H3/b12-9+. The minimum Gasteiger partial charge on any atom is -0.364 e. The highest BCUT2D eigenvalue weighted by molar-refractivity contribution is 7.15. The molecule has 1 aromatic heterocycles. The van der Waals surface area contributed by atoms with Crippen LogP contribution in [0.1, 0.15) is 4.88 Å². The first-order valence-electron chi connectivity index (χ1n) is 5.50. The van der Waals surface area contributed by atoms with E-state index >= 15 is 0 Å². The minimum atomic E-state index is -0.740. The lowest BCUT2D eigenvalue weighted by Gasteiger charge is -2.35. The van der Waals surface area contributed by atoms with Crippen LogP contribution >= 0.6 is 22.9 Å². The van der Waals surface area contributed by atoms with Crippen molar-refractivity contribution in [1.82, 2.24) is 14.8 Å². The maximum Gasteiger partial charge on any atom is 0.279 e. The molecule has 1 aliphatic rings. The van der Waals surface area contributed by atoms with Crippen molar-refractivity contribution < 1.29 is 14.5 Å². The van der Waals surface area contributed by atoms with Gasteiger partial charge >= 0.3 is 0 Å². The summed E-state index contributed by atoms with van der Waals surface area (Å²) in [4.78, 5) is 18.6. The predicted octanol–water partition coefficient (Wildman–Crippen LogP) is 0.997. The summed E-state index contributed by atoms with van der Waals surface area (Å²) in [5, 5.41) is 13.3. The molecule has 0 aliphatic carbocycles. The van der Waals surface area contributed by atoms with Crippen LogP contribution in [0.15, 0.2) is 11.3 Å². The molecule has 110 valence electrons. The van der Waals surface area contributed by atoms with Gasteiger partial charge in [-0.3, -0.25) is 4.90 Å². The zero-order valence-electron chi connectivity index (χ0n) is 10.6. The van der Waals surface area contributed by atoms with Gasteiger partial charge in [-0.1, -0.05) is 11.6 Å². The van der Waals surface area contributed by atoms with Gasteiger partial charge in [-0.05, 0) is 0 Å². The first-order chi connectivity index (χ1) is 9.60. The topological polar surface area (TPSA) is 93.3 Å². The zero-order valence-corrected chi connectivity index (χ0v) is 12.1. The lowest BCUT2D eigenvalue weighted by Crippen LogP contribution is -2.51. The number of hydrogen-bond donors (Lipinski definition) is 0. The molecule has 0 atom stereocenters. The van der Waals surface area contributed by atoms with Crippen LogP contribution in [-0.2, 0) is 16.0 Å². The molecule has 20 heavy (non-hydrogen) atoms. The Kier molecular flexibility index (Phi) is 5.06. The van der Waals surface area contributed by atoms with E-state index in [2.05, 4.69) is 10.1 Å². The highest BCUT2D eigenvalue weighted by Gasteiger charge is 2.28. The monoisotopic (exact) mass is 321 g/mol. The molecule has 1 aliphatic heterocycles. The number of methoxy groups -OCH3 is 1. The summed E-state index contributed by atoms with van der Waals surface area (Å²) < 4.78 is 10.8. The maximum atomic E-state index is 10.7. The Bertz CT molecular complexity index is 508. The fraction of sp³-hybridized carbons (Fsp3) is 0.556. The summed E-state index contributed by atoms with van der Waals surface area (Å²) in [7, 11) is 1.49. The number of halogens is 1. The Labute approximate surface area is 123 Å². The van der Waals surface area contributed by atoms with Crippen LogP contribution in [0.5, 0.6) is 0 Å². The fourth-order valence-corrected chi connectivity index (χ4v) is 2.68. The van der Waals surface area contributed by atoms with Gasteiger partial charge in [0.05, 0.1) is 6.54 Å². The molecule has 0 bridgehead atoms. The van der Waals surface area contributed by atoms with E-state index < -0.39 is 5.03 Å². The molecule has 11 heteroatoms. The summed E-state index contributed by atoms with van der Waals surface area (Å²) in [5.41, 5.74) is 0. The summed E-state index contributed by atoms with van der Waals surface area (Å²) in [6.45, 7) is 0.896. The van der Waals surface area contributed by atoms with Gasteiger partial charge < -0.3 is 14.4 Å². The molecule has 9 nitrogen and oxygen atoms in total. The van der Waals surface area contributed by atoms with Crippen molar-refractivity contribution in [2.24, 2.45) is 5.10 Å². The van der Waals surface area contributed by atoms with Crippen molar-refractivity contribution in [2.45, 2.75) is 6.54 Å². The zero-order chi connectivity index (χ0) is 14.5. The van der Waals surface area contributed by atoms with Crippen LogP contribution in [0, 0.1) is 10.1 Å². The number of guanidine groups is 1. The molecule has 1 fully saturated rings. The van der Waals surface area contributed by atoms with E-state index in [-0.39, 0.29) is 26.2 Å². The average Bonchev–Trinajstić information content (AvgIpc) is 2.78. The van der Waals surface area contributed by atoms with E-state index in [9.17, 15) is 10.1 Å². The van der Waals surface area contributed by atoms with Gasteiger partial charge in [0.25, 0.3) is 5.96 Å². The van der Waals surface area contributed by atoms with Crippen LogP contribution in [-0.4, -0.2) is 53.1 Å². The Hall–Kier alpha value is -1.49. The number of rotatable bonds is 5. The first-order valence-corrected chi connectivity index (χ1v) is 6.69. The fourth-order valence-electron chi connectivity index (χ4n) is 1.69. The summed E-state index contributed by atoms with van der Waals surface area (Å²) in [5.74, 6) is 0.188. The third kappa shape index (κ3) is 3.76. The molecular weight excluding hydrogens is 310 g/mol. The quantitative estimate of drug-likeness (QED) is 0.590. The SMILES string of the molecule is COCN1COCN(Cc2cnc(Cl)s2)/C1=N\[N+](=O)[O-]. The molecule has 1 aromatic rings. The van der Waals surface area contributed by atoms with Crippen LogP contribution < -0.4 is 0 Å². The summed E-state index contributed by atoms with van der Waals surface area (Å²) >= 11 is 7.07. The lowest BCUT2D eigenvalue weighted by molar-refractivity contribution is -0.487. The number of aromatic nitrogens is 1. The van der Waals surface area contributed by atoms with Gasteiger partial charge in [0.2, 0.25) is 0 Å². The average molecular weight is 322 g/mol. The van der Waals surface area contributed by atoms with Gasteiger partial charge in [-0.15, -0.1) is 11.3 Å². The largest absolute Gasteiger partial charge is 0.364 e. The molecule has 0 radical (unpaired) electrons. The van der Waals surface area contributed by atoms with Crippen LogP contribution in [0.4, 0.5) is 0 Å². The van der Waals surface area contributed by atoms with Crippen LogP contribution in [0.2, 0.25) is 4.47 Å². The van der Waals surface area contributed by atoms with Crippen molar-refractivity contribution in [2.75, 3.05) is 27.3 Å². The number of nitrogens with zero attached hydrogens (tertiary/aromatic N) is 5. The van der Waals surface area contributed by atoms with Gasteiger partial charge in [0.15, 0.2) is 9.50 Å². The van der Waals surface area contributed by atoms with Crippen molar-refractivity contribution in [1.29, 1.82) is 0 Å². The maximum absolute atomic E-state index is 10.7. The summed E-state index contributed by atoms with van der Waals surface area (Å²) in [6.07, 6.45) is 1.62. The van der Waals surface area contributed by atoms with E-state index in [1.807, 2.05) is 0 Å². The highest BCUT2D eigenvalue weighted by Crippen LogP contribution is 2.21. The van der Waals surface area contributed by atoms with Gasteiger partial charge in [0, 0.05) is 18.2 Å². The second-order valence-corrected chi connectivity index (χ2v) is 5.53. The van der Waals surface area contributed by atoms with E-state index in [0.29, 0.717) is 11.0 Å². The number of nitro groups is 1. The highest BCUT2D eigenvalue weighted by atomic mass is 35.5. The predicted molar refractivity (Wildman–Crippen MR) is 71.6 cm³/mol. The number of thiazole rings is 1. The second kappa shape index (κ2) is 6.79. The molecule has 0 aromatic carbocycles. The lowest BCUT2D eigenvalue weighted by atomic mass is 10.4. The Morgan fingerprint density at radius 2 is 2.40 bits per heavy atom. The Morgan fingerprint density at radius 1 is 1.65 bits per heavy atom. The van der Waals surface area contributed by atoms with Crippen LogP contribution in [0.3, 0.4) is 0 Å². The molecule has 0 spiro atoms. The number of hydrazone groups is 1. The minimum absolute atomic E-state index is 0.145. The van der Waals surface area contributed by atoms with Crippen molar-refractivity contribution in [3.63, 3.8) is 0 Å². The third-order valence-electron chi connectivity index (χ3n) is 2.39. The molecular formula is C9H12ClN5O4S. The number of hydrogen-bond acceptors (Lipinski definition) is 6. The molecule has 2 rings (SSSR count). The van der Waals surface area contributed by atoms with E-state index in [1.165, 1.54) is 23.3 Å². The van der Waals surface area contributed by atoms with Crippen molar-refractivity contribution in [3.05, 3.63) is 25.7 Å². The second-order valence-electron chi connectivity index (χ2n) is 3.84. The van der Waals surface area contributed by atoms with Gasteiger partial charge in [0.1, 0.15) is 25.3 Å². The van der Waals surface area contributed by atoms with E-state index in [4.69, 9.17) is 21.1 Å². The van der Waals surface area contributed by atoms with Crippen molar-refractivity contribution >= 4 is 28.9 Å². The first kappa shape index (κ1) is 14.9. The molecule has 2 heterocycles. The summed E-state index contributed by atoms with van der Waals surface area (Å²) in [6, 6.07) is 0. The Morgan fingerprint density at radius 3 is 3.00 bits per heavy atom. The third-order valence-corrected chi connectivity index (χ3v) is 3.49.